The molecule has 1 atom stereocenters. The molecule has 0 unspecified atom stereocenters. The average Bonchev–Trinajstić information content (AvgIpc) is 3.07. The number of amides is 1. The largest absolute Gasteiger partial charge is 0.495 e. The van der Waals surface area contributed by atoms with E-state index in [1.54, 1.807) is 19.6 Å². The van der Waals surface area contributed by atoms with Crippen LogP contribution in [0.5, 0.6) is 5.75 Å². The number of nitrogens with zero attached hydrogens (tertiary/aromatic N) is 3. The summed E-state index contributed by atoms with van der Waals surface area (Å²) in [6.45, 7) is 4.41. The van der Waals surface area contributed by atoms with Gasteiger partial charge in [-0.1, -0.05) is 12.1 Å². The molecule has 1 aliphatic rings. The van der Waals surface area contributed by atoms with Crippen molar-refractivity contribution in [2.45, 2.75) is 19.4 Å². The number of aromatic amines is 1. The van der Waals surface area contributed by atoms with Gasteiger partial charge in [-0.05, 0) is 19.1 Å². The summed E-state index contributed by atoms with van der Waals surface area (Å²) < 4.78 is 5.44. The summed E-state index contributed by atoms with van der Waals surface area (Å²) in [6, 6.07) is 8.17. The Bertz CT molecular complexity index is 656. The minimum Gasteiger partial charge on any atom is -0.495 e. The molecule has 6 heteroatoms. The Morgan fingerprint density at radius 3 is 2.91 bits per heavy atom. The van der Waals surface area contributed by atoms with Gasteiger partial charge in [0.05, 0.1) is 25.5 Å². The molecule has 0 saturated carbocycles. The van der Waals surface area contributed by atoms with Gasteiger partial charge in [-0.2, -0.15) is 0 Å². The van der Waals surface area contributed by atoms with Gasteiger partial charge in [-0.15, -0.1) is 0 Å². The van der Waals surface area contributed by atoms with E-state index >= 15 is 0 Å². The zero-order valence-corrected chi connectivity index (χ0v) is 13.5. The van der Waals surface area contributed by atoms with Crippen LogP contribution >= 0.6 is 0 Å². The van der Waals surface area contributed by atoms with Crippen LogP contribution < -0.4 is 9.64 Å². The first kappa shape index (κ1) is 15.4. The Balaban J connectivity index is 1.66. The zero-order valence-electron chi connectivity index (χ0n) is 13.5. The smallest absolute Gasteiger partial charge is 0.228 e. The number of para-hydroxylation sites is 2. The predicted molar refractivity (Wildman–Crippen MR) is 88.7 cm³/mol. The van der Waals surface area contributed by atoms with Crippen molar-refractivity contribution in [2.75, 3.05) is 31.6 Å². The van der Waals surface area contributed by atoms with E-state index in [0.29, 0.717) is 13.0 Å². The fraction of sp³-hybridized carbons (Fsp3) is 0.412. The molecule has 23 heavy (non-hydrogen) atoms. The highest BCUT2D eigenvalue weighted by atomic mass is 16.5. The van der Waals surface area contributed by atoms with Crippen LogP contribution in [0.2, 0.25) is 0 Å². The van der Waals surface area contributed by atoms with E-state index < -0.39 is 0 Å². The lowest BCUT2D eigenvalue weighted by molar-refractivity contribution is -0.132. The molecule has 0 spiro atoms. The zero-order chi connectivity index (χ0) is 16.2. The number of anilines is 1. The van der Waals surface area contributed by atoms with Gasteiger partial charge in [-0.25, -0.2) is 4.98 Å². The second kappa shape index (κ2) is 6.73. The van der Waals surface area contributed by atoms with Gasteiger partial charge in [0, 0.05) is 37.6 Å². The Morgan fingerprint density at radius 1 is 1.39 bits per heavy atom. The number of H-pyrrole nitrogens is 1. The summed E-state index contributed by atoms with van der Waals surface area (Å²) in [6.07, 6.45) is 3.68. The van der Waals surface area contributed by atoms with Gasteiger partial charge in [0.2, 0.25) is 5.91 Å². The summed E-state index contributed by atoms with van der Waals surface area (Å²) in [5, 5.41) is 0. The number of nitrogens with one attached hydrogen (secondary N) is 1. The standard InChI is InChI=1S/C17H22N4O2/c1-13-11-20(15-5-3-4-6-16(15)23-2)7-8-21(13)17(22)9-14-10-18-12-19-14/h3-6,10,12-13H,7-9,11H2,1-2H3,(H,18,19)/t13-/m1/s1. The van der Waals surface area contributed by atoms with Crippen molar-refractivity contribution < 1.29 is 9.53 Å². The van der Waals surface area contributed by atoms with Crippen molar-refractivity contribution in [2.24, 2.45) is 0 Å². The lowest BCUT2D eigenvalue weighted by Crippen LogP contribution is -2.54. The van der Waals surface area contributed by atoms with Crippen LogP contribution in [-0.2, 0) is 11.2 Å². The topological polar surface area (TPSA) is 61.5 Å². The van der Waals surface area contributed by atoms with Gasteiger partial charge in [0.25, 0.3) is 0 Å². The van der Waals surface area contributed by atoms with Gasteiger partial charge < -0.3 is 19.5 Å². The van der Waals surface area contributed by atoms with Crippen molar-refractivity contribution in [3.8, 4) is 5.75 Å². The summed E-state index contributed by atoms with van der Waals surface area (Å²) in [4.78, 5) is 23.7. The first-order valence-electron chi connectivity index (χ1n) is 7.83. The van der Waals surface area contributed by atoms with Crippen molar-refractivity contribution >= 4 is 11.6 Å². The molecular weight excluding hydrogens is 292 g/mol. The molecule has 1 aromatic carbocycles. The second-order valence-electron chi connectivity index (χ2n) is 5.81. The maximum absolute atomic E-state index is 12.5. The molecule has 1 N–H and O–H groups in total. The van der Waals surface area contributed by atoms with Crippen molar-refractivity contribution in [1.82, 2.24) is 14.9 Å². The van der Waals surface area contributed by atoms with Gasteiger partial charge >= 0.3 is 0 Å². The highest BCUT2D eigenvalue weighted by Gasteiger charge is 2.28. The van der Waals surface area contributed by atoms with E-state index in [0.717, 1.165) is 30.2 Å². The molecule has 0 aliphatic carbocycles. The fourth-order valence-corrected chi connectivity index (χ4v) is 3.08. The Labute approximate surface area is 136 Å². The molecule has 1 aromatic heterocycles. The van der Waals surface area contributed by atoms with Gasteiger partial charge in [-0.3, -0.25) is 4.79 Å². The van der Waals surface area contributed by atoms with E-state index in [1.165, 1.54) is 0 Å². The number of ether oxygens (including phenoxy) is 1. The third kappa shape index (κ3) is 3.31. The van der Waals surface area contributed by atoms with E-state index in [2.05, 4.69) is 27.9 Å². The SMILES string of the molecule is COc1ccccc1N1CCN(C(=O)Cc2cnc[nH]2)[C@H](C)C1. The lowest BCUT2D eigenvalue weighted by Gasteiger charge is -2.41. The van der Waals surface area contributed by atoms with E-state index in [4.69, 9.17) is 4.74 Å². The molecule has 1 amide bonds. The first-order valence-corrected chi connectivity index (χ1v) is 7.83. The molecule has 6 nitrogen and oxygen atoms in total. The highest BCUT2D eigenvalue weighted by molar-refractivity contribution is 5.79. The van der Waals surface area contributed by atoms with Crippen LogP contribution in [0.1, 0.15) is 12.6 Å². The highest BCUT2D eigenvalue weighted by Crippen LogP contribution is 2.29. The molecule has 0 bridgehead atoms. The molecule has 1 aliphatic heterocycles. The Hall–Kier alpha value is -2.50. The molecular formula is C17H22N4O2. The van der Waals surface area contributed by atoms with E-state index in [9.17, 15) is 4.79 Å². The van der Waals surface area contributed by atoms with Crippen LogP contribution in [0.25, 0.3) is 0 Å². The van der Waals surface area contributed by atoms with Crippen LogP contribution in [0.3, 0.4) is 0 Å². The molecule has 2 aromatic rings. The number of benzene rings is 1. The maximum atomic E-state index is 12.5. The third-order valence-corrected chi connectivity index (χ3v) is 4.27. The van der Waals surface area contributed by atoms with Crippen molar-refractivity contribution in [3.63, 3.8) is 0 Å². The number of hydrogen-bond donors (Lipinski definition) is 1. The van der Waals surface area contributed by atoms with Gasteiger partial charge in [0.15, 0.2) is 0 Å². The quantitative estimate of drug-likeness (QED) is 0.933. The molecule has 0 radical (unpaired) electrons. The molecule has 3 rings (SSSR count). The summed E-state index contributed by atoms with van der Waals surface area (Å²) in [5.41, 5.74) is 1.94. The maximum Gasteiger partial charge on any atom is 0.228 e. The number of carbonyl (C=O) groups excluding carboxylic acids is 1. The summed E-state index contributed by atoms with van der Waals surface area (Å²) >= 11 is 0. The summed E-state index contributed by atoms with van der Waals surface area (Å²) in [5.74, 6) is 1.01. The predicted octanol–water partition coefficient (Wildman–Crippen LogP) is 1.70. The fourth-order valence-electron chi connectivity index (χ4n) is 3.08. The average molecular weight is 314 g/mol. The number of aromatic nitrogens is 2. The van der Waals surface area contributed by atoms with Gasteiger partial charge in [0.1, 0.15) is 5.75 Å². The number of piperazine rings is 1. The first-order chi connectivity index (χ1) is 11.2. The van der Waals surface area contributed by atoms with Crippen LogP contribution in [0, 0.1) is 0 Å². The molecule has 1 saturated heterocycles. The number of hydrogen-bond acceptors (Lipinski definition) is 4. The minimum absolute atomic E-state index is 0.140. The Kier molecular flexibility index (Phi) is 4.50. The van der Waals surface area contributed by atoms with E-state index in [1.807, 2.05) is 23.1 Å². The molecule has 2 heterocycles. The van der Waals surface area contributed by atoms with Crippen LogP contribution in [0.4, 0.5) is 5.69 Å². The minimum atomic E-state index is 0.140. The summed E-state index contributed by atoms with van der Waals surface area (Å²) in [7, 11) is 1.69. The monoisotopic (exact) mass is 314 g/mol. The number of imidazole rings is 1. The number of rotatable bonds is 4. The Morgan fingerprint density at radius 2 is 2.22 bits per heavy atom. The normalized spacial score (nSPS) is 18.1. The van der Waals surface area contributed by atoms with Crippen LogP contribution in [-0.4, -0.2) is 53.6 Å². The van der Waals surface area contributed by atoms with Crippen LogP contribution in [0.15, 0.2) is 36.8 Å². The molecule has 1 fully saturated rings. The number of methoxy groups -OCH3 is 1. The third-order valence-electron chi connectivity index (χ3n) is 4.27. The number of carbonyl (C=O) groups is 1. The van der Waals surface area contributed by atoms with Crippen molar-refractivity contribution in [3.05, 3.63) is 42.5 Å². The molecule has 122 valence electrons. The van der Waals surface area contributed by atoms with Crippen molar-refractivity contribution in [1.29, 1.82) is 0 Å². The van der Waals surface area contributed by atoms with E-state index in [-0.39, 0.29) is 11.9 Å². The lowest BCUT2D eigenvalue weighted by atomic mass is 10.1. The second-order valence-corrected chi connectivity index (χ2v) is 5.81.